The van der Waals surface area contributed by atoms with Gasteiger partial charge in [-0.3, -0.25) is 39.1 Å². The number of carbonyl (C=O) groups excluding carboxylic acids is 5. The maximum atomic E-state index is 15.4. The summed E-state index contributed by atoms with van der Waals surface area (Å²) < 4.78 is 21.5. The van der Waals surface area contributed by atoms with Crippen molar-refractivity contribution in [3.63, 3.8) is 0 Å². The molecule has 1 atom stereocenters. The maximum Gasteiger partial charge on any atom is 0.271 e. The molecule has 2 N–H and O–H groups in total. The summed E-state index contributed by atoms with van der Waals surface area (Å²) in [6, 6.07) is 8.81. The number of nitrogens with one attached hydrogen (secondary N) is 2. The summed E-state index contributed by atoms with van der Waals surface area (Å²) in [5.41, 5.74) is 0.896. The van der Waals surface area contributed by atoms with E-state index in [1.165, 1.54) is 12.3 Å². The Morgan fingerprint density at radius 2 is 1.60 bits per heavy atom. The highest BCUT2D eigenvalue weighted by atomic mass is 35.5. The zero-order chi connectivity index (χ0) is 39.8. The lowest BCUT2D eigenvalue weighted by Gasteiger charge is -2.43. The van der Waals surface area contributed by atoms with Crippen molar-refractivity contribution in [2.45, 2.75) is 75.6 Å². The SMILES string of the molecule is N#Cc1ccc(OC2CCC(NC(=O)c3cnc(N4CCC(N5CCN(c6cc7c(cc6F)C(=O)N(C6CCC(=O)NC6=O)C7=O)CC5)CC4)cn3)CC2)cc1Cl. The minimum atomic E-state index is -1.11. The van der Waals surface area contributed by atoms with Gasteiger partial charge >= 0.3 is 0 Å². The molecule has 1 aliphatic carbocycles. The number of rotatable bonds is 8. The van der Waals surface area contributed by atoms with Crippen molar-refractivity contribution in [3.8, 4) is 11.8 Å². The number of hydrogen-bond donors (Lipinski definition) is 2. The predicted octanol–water partition coefficient (Wildman–Crippen LogP) is 3.45. The lowest BCUT2D eigenvalue weighted by atomic mass is 9.93. The number of imide groups is 2. The van der Waals surface area contributed by atoms with Gasteiger partial charge in [0.2, 0.25) is 11.8 Å². The van der Waals surface area contributed by atoms with E-state index in [-0.39, 0.29) is 53.4 Å². The summed E-state index contributed by atoms with van der Waals surface area (Å²) in [4.78, 5) is 79.7. The Labute approximate surface area is 333 Å². The first-order valence-corrected chi connectivity index (χ1v) is 19.7. The molecule has 0 spiro atoms. The summed E-state index contributed by atoms with van der Waals surface area (Å²) in [6.07, 6.45) is 8.07. The van der Waals surface area contributed by atoms with Crippen LogP contribution >= 0.6 is 11.6 Å². The number of ether oxygens (including phenoxy) is 1. The Hall–Kier alpha value is -5.66. The Balaban J connectivity index is 0.784. The summed E-state index contributed by atoms with van der Waals surface area (Å²) >= 11 is 6.14. The van der Waals surface area contributed by atoms with Crippen LogP contribution in [0.3, 0.4) is 0 Å². The second kappa shape index (κ2) is 16.1. The van der Waals surface area contributed by atoms with Crippen LogP contribution in [-0.2, 0) is 9.59 Å². The number of piperidine rings is 2. The van der Waals surface area contributed by atoms with Crippen molar-refractivity contribution in [3.05, 3.63) is 75.9 Å². The van der Waals surface area contributed by atoms with Gasteiger partial charge in [0.05, 0.1) is 45.9 Å². The summed E-state index contributed by atoms with van der Waals surface area (Å²) in [5, 5.41) is 14.7. The van der Waals surface area contributed by atoms with Crippen molar-refractivity contribution in [1.29, 1.82) is 5.26 Å². The van der Waals surface area contributed by atoms with E-state index in [0.29, 0.717) is 54.4 Å². The zero-order valence-corrected chi connectivity index (χ0v) is 31.8. The molecule has 1 saturated carbocycles. The van der Waals surface area contributed by atoms with Crippen LogP contribution in [0.5, 0.6) is 5.75 Å². The van der Waals surface area contributed by atoms with Gasteiger partial charge in [-0.2, -0.15) is 5.26 Å². The molecule has 0 radical (unpaired) electrons. The second-order valence-corrected chi connectivity index (χ2v) is 15.5. The Bertz CT molecular complexity index is 2140. The zero-order valence-electron chi connectivity index (χ0n) is 31.1. The molecule has 4 fully saturated rings. The number of nitriles is 1. The van der Waals surface area contributed by atoms with E-state index in [2.05, 4.69) is 30.4 Å². The largest absolute Gasteiger partial charge is 0.490 e. The Morgan fingerprint density at radius 3 is 2.25 bits per heavy atom. The van der Waals surface area contributed by atoms with Gasteiger partial charge in [-0.1, -0.05) is 11.6 Å². The molecule has 1 aromatic heterocycles. The minimum absolute atomic E-state index is 0.0000679. The lowest BCUT2D eigenvalue weighted by molar-refractivity contribution is -0.136. The topological polar surface area (TPSA) is 181 Å². The van der Waals surface area contributed by atoms with Crippen molar-refractivity contribution in [2.75, 3.05) is 49.1 Å². The second-order valence-electron chi connectivity index (χ2n) is 15.1. The van der Waals surface area contributed by atoms with E-state index >= 15 is 4.39 Å². The first kappa shape index (κ1) is 38.2. The number of amides is 5. The molecular weight excluding hydrogens is 757 g/mol. The molecule has 5 heterocycles. The molecule has 5 aliphatic rings. The van der Waals surface area contributed by atoms with Crippen LogP contribution < -0.4 is 25.2 Å². The molecule has 5 amide bonds. The normalized spacial score (nSPS) is 23.2. The van der Waals surface area contributed by atoms with Crippen molar-refractivity contribution in [1.82, 2.24) is 30.4 Å². The van der Waals surface area contributed by atoms with Gasteiger partial charge in [-0.25, -0.2) is 14.4 Å². The van der Waals surface area contributed by atoms with Crippen molar-refractivity contribution >= 4 is 52.6 Å². The van der Waals surface area contributed by atoms with Gasteiger partial charge in [-0.05, 0) is 69.2 Å². The first-order valence-electron chi connectivity index (χ1n) is 19.3. The van der Waals surface area contributed by atoms with Gasteiger partial charge in [0.1, 0.15) is 35.2 Å². The molecule has 57 heavy (non-hydrogen) atoms. The molecule has 3 saturated heterocycles. The van der Waals surface area contributed by atoms with E-state index in [4.69, 9.17) is 21.6 Å². The van der Waals surface area contributed by atoms with Gasteiger partial charge < -0.3 is 19.9 Å². The molecule has 2 aromatic carbocycles. The number of carbonyl (C=O) groups is 5. The van der Waals surface area contributed by atoms with Gasteiger partial charge in [0, 0.05) is 63.8 Å². The van der Waals surface area contributed by atoms with Gasteiger partial charge in [-0.15, -0.1) is 0 Å². The van der Waals surface area contributed by atoms with E-state index < -0.39 is 35.5 Å². The standard InChI is InChI=1S/C40H41ClFN9O6/c41-30-17-27(4-1-23(30)20-43)57-26-5-2-24(3-6-26)46-37(53)32-21-45-35(22-44-32)50-11-9-25(10-12-50)48-13-15-49(16-14-48)34-19-29-28(18-31(34)42)39(55)51(40(29)56)33-7-8-36(52)47-38(33)54/h1,4,17-19,21-22,24-26,33H,2-3,5-16H2,(H,46,53)(H,47,52,54). The fourth-order valence-electron chi connectivity index (χ4n) is 8.55. The van der Waals surface area contributed by atoms with Crippen LogP contribution in [0.1, 0.15) is 88.1 Å². The fraction of sp³-hybridized carbons (Fsp3) is 0.450. The molecule has 17 heteroatoms. The van der Waals surface area contributed by atoms with E-state index in [1.807, 2.05) is 11.0 Å². The minimum Gasteiger partial charge on any atom is -0.490 e. The number of fused-ring (bicyclic) bond motifs is 1. The summed E-state index contributed by atoms with van der Waals surface area (Å²) in [7, 11) is 0. The number of hydrogen-bond acceptors (Lipinski definition) is 12. The van der Waals surface area contributed by atoms with Crippen LogP contribution in [0, 0.1) is 17.1 Å². The predicted molar refractivity (Wildman–Crippen MR) is 204 cm³/mol. The van der Waals surface area contributed by atoms with E-state index in [0.717, 1.165) is 62.6 Å². The van der Waals surface area contributed by atoms with Crippen LogP contribution in [0.15, 0.2) is 42.7 Å². The lowest BCUT2D eigenvalue weighted by Crippen LogP contribution is -2.54. The monoisotopic (exact) mass is 797 g/mol. The van der Waals surface area contributed by atoms with E-state index in [1.54, 1.807) is 24.4 Å². The summed E-state index contributed by atoms with van der Waals surface area (Å²) in [6.45, 7) is 4.00. The summed E-state index contributed by atoms with van der Waals surface area (Å²) in [5.74, 6) is -2.08. The maximum absolute atomic E-state index is 15.4. The molecule has 4 aliphatic heterocycles. The number of nitrogens with zero attached hydrogens (tertiary/aromatic N) is 7. The average Bonchev–Trinajstić information content (AvgIpc) is 3.45. The third-order valence-corrected chi connectivity index (χ3v) is 12.0. The Kier molecular flexibility index (Phi) is 10.8. The molecule has 0 bridgehead atoms. The number of anilines is 2. The number of benzene rings is 2. The van der Waals surface area contributed by atoms with Crippen LogP contribution in [0.4, 0.5) is 15.9 Å². The molecule has 1 unspecified atom stereocenters. The van der Waals surface area contributed by atoms with Crippen molar-refractivity contribution < 1.29 is 33.1 Å². The number of halogens is 2. The average molecular weight is 798 g/mol. The highest BCUT2D eigenvalue weighted by Crippen LogP contribution is 2.34. The molecule has 3 aromatic rings. The van der Waals surface area contributed by atoms with Crippen molar-refractivity contribution in [2.24, 2.45) is 0 Å². The fourth-order valence-corrected chi connectivity index (χ4v) is 8.76. The quantitative estimate of drug-likeness (QED) is 0.318. The van der Waals surface area contributed by atoms with Gasteiger partial charge in [0.15, 0.2) is 0 Å². The number of piperazine rings is 1. The smallest absolute Gasteiger partial charge is 0.271 e. The number of aromatic nitrogens is 2. The van der Waals surface area contributed by atoms with Crippen LogP contribution in [0.25, 0.3) is 0 Å². The first-order chi connectivity index (χ1) is 27.6. The van der Waals surface area contributed by atoms with Crippen LogP contribution in [-0.4, -0.2) is 113 Å². The highest BCUT2D eigenvalue weighted by Gasteiger charge is 2.45. The Morgan fingerprint density at radius 1 is 0.877 bits per heavy atom. The van der Waals surface area contributed by atoms with Gasteiger partial charge in [0.25, 0.3) is 17.7 Å². The third kappa shape index (κ3) is 7.86. The highest BCUT2D eigenvalue weighted by molar-refractivity contribution is 6.31. The molecular formula is C40H41ClFN9O6. The molecule has 8 rings (SSSR count). The molecule has 15 nitrogen and oxygen atoms in total. The third-order valence-electron chi connectivity index (χ3n) is 11.7. The van der Waals surface area contributed by atoms with E-state index in [9.17, 15) is 24.0 Å². The van der Waals surface area contributed by atoms with Crippen LogP contribution in [0.2, 0.25) is 5.02 Å². The molecule has 296 valence electrons.